The summed E-state index contributed by atoms with van der Waals surface area (Å²) in [5.74, 6) is -0.0407. The van der Waals surface area contributed by atoms with Crippen molar-refractivity contribution in [1.29, 1.82) is 5.26 Å². The summed E-state index contributed by atoms with van der Waals surface area (Å²) in [6.45, 7) is 2.57. The van der Waals surface area contributed by atoms with Crippen molar-refractivity contribution in [3.8, 4) is 6.07 Å². The number of aromatic nitrogens is 1. The first-order valence-corrected chi connectivity index (χ1v) is 6.34. The first-order chi connectivity index (χ1) is 9.70. The maximum absolute atomic E-state index is 12.4. The van der Waals surface area contributed by atoms with Crippen molar-refractivity contribution in [2.45, 2.75) is 19.9 Å². The van der Waals surface area contributed by atoms with Gasteiger partial charge in [-0.2, -0.15) is 5.26 Å². The van der Waals surface area contributed by atoms with Crippen LogP contribution in [0.4, 0.5) is 0 Å². The van der Waals surface area contributed by atoms with Gasteiger partial charge in [0.25, 0.3) is 5.91 Å². The molecule has 0 saturated carbocycles. The number of hydrogen-bond donors (Lipinski definition) is 0. The lowest BCUT2D eigenvalue weighted by Crippen LogP contribution is -2.31. The molecular formula is C15H15N3O2. The van der Waals surface area contributed by atoms with Gasteiger partial charge >= 0.3 is 0 Å². The Labute approximate surface area is 117 Å². The van der Waals surface area contributed by atoms with Crippen molar-refractivity contribution in [1.82, 2.24) is 10.1 Å². The number of rotatable bonds is 5. The number of carbonyl (C=O) groups excluding carboxylic acids is 1. The molecule has 102 valence electrons. The average molecular weight is 269 g/mol. The molecule has 2 rings (SSSR count). The van der Waals surface area contributed by atoms with E-state index in [1.165, 1.54) is 0 Å². The van der Waals surface area contributed by atoms with Crippen LogP contribution in [0.15, 0.2) is 40.9 Å². The molecule has 0 atom stereocenters. The SMILES string of the molecule is Cc1cc(C(=O)N(CCC#N)Cc2ccccc2)on1. The predicted octanol–water partition coefficient (Wildman–Crippen LogP) is 2.54. The van der Waals surface area contributed by atoms with Crippen molar-refractivity contribution in [3.05, 3.63) is 53.4 Å². The molecule has 0 bridgehead atoms. The summed E-state index contributed by atoms with van der Waals surface area (Å²) in [5.41, 5.74) is 1.67. The van der Waals surface area contributed by atoms with Crippen LogP contribution in [-0.2, 0) is 6.54 Å². The van der Waals surface area contributed by atoms with Gasteiger partial charge in [0.1, 0.15) is 0 Å². The summed E-state index contributed by atoms with van der Waals surface area (Å²) in [5, 5.41) is 12.4. The van der Waals surface area contributed by atoms with Crippen LogP contribution >= 0.6 is 0 Å². The molecular weight excluding hydrogens is 254 g/mol. The lowest BCUT2D eigenvalue weighted by molar-refractivity contribution is 0.0704. The molecule has 0 aliphatic heterocycles. The fourth-order valence-corrected chi connectivity index (χ4v) is 1.86. The van der Waals surface area contributed by atoms with E-state index in [9.17, 15) is 4.79 Å². The van der Waals surface area contributed by atoms with Gasteiger partial charge in [-0.15, -0.1) is 0 Å². The minimum absolute atomic E-state index is 0.205. The molecule has 0 aliphatic rings. The zero-order chi connectivity index (χ0) is 14.4. The van der Waals surface area contributed by atoms with Crippen molar-refractivity contribution < 1.29 is 9.32 Å². The highest BCUT2D eigenvalue weighted by molar-refractivity contribution is 5.91. The van der Waals surface area contributed by atoms with Crippen LogP contribution < -0.4 is 0 Å². The second-order valence-corrected chi connectivity index (χ2v) is 4.45. The smallest absolute Gasteiger partial charge is 0.292 e. The summed E-state index contributed by atoms with van der Waals surface area (Å²) in [7, 11) is 0. The molecule has 0 N–H and O–H groups in total. The van der Waals surface area contributed by atoms with Gasteiger partial charge in [-0.25, -0.2) is 0 Å². The summed E-state index contributed by atoms with van der Waals surface area (Å²) in [4.78, 5) is 13.9. The summed E-state index contributed by atoms with van der Waals surface area (Å²) >= 11 is 0. The van der Waals surface area contributed by atoms with Gasteiger partial charge in [0, 0.05) is 19.2 Å². The van der Waals surface area contributed by atoms with Gasteiger partial charge in [-0.1, -0.05) is 35.5 Å². The Balaban J connectivity index is 2.15. The maximum Gasteiger partial charge on any atom is 0.292 e. The van der Waals surface area contributed by atoms with Gasteiger partial charge in [0.2, 0.25) is 5.76 Å². The maximum atomic E-state index is 12.4. The normalized spacial score (nSPS) is 10.0. The molecule has 0 fully saturated rings. The van der Waals surface area contributed by atoms with Crippen LogP contribution in [0.2, 0.25) is 0 Å². The molecule has 0 saturated heterocycles. The quantitative estimate of drug-likeness (QED) is 0.836. The van der Waals surface area contributed by atoms with Crippen LogP contribution in [0, 0.1) is 18.3 Å². The van der Waals surface area contributed by atoms with Crippen molar-refractivity contribution in [2.75, 3.05) is 6.54 Å². The molecule has 2 aromatic rings. The van der Waals surface area contributed by atoms with E-state index in [0.29, 0.717) is 18.8 Å². The molecule has 5 nitrogen and oxygen atoms in total. The summed E-state index contributed by atoms with van der Waals surface area (Å²) < 4.78 is 5.00. The number of hydrogen-bond acceptors (Lipinski definition) is 4. The topological polar surface area (TPSA) is 70.1 Å². The van der Waals surface area contributed by atoms with E-state index in [1.54, 1.807) is 17.9 Å². The third-order valence-corrected chi connectivity index (χ3v) is 2.84. The zero-order valence-corrected chi connectivity index (χ0v) is 11.2. The Morgan fingerprint density at radius 2 is 2.15 bits per heavy atom. The van der Waals surface area contributed by atoms with Crippen LogP contribution in [0.5, 0.6) is 0 Å². The van der Waals surface area contributed by atoms with Gasteiger partial charge in [-0.3, -0.25) is 4.79 Å². The minimum Gasteiger partial charge on any atom is -0.351 e. The van der Waals surface area contributed by atoms with Crippen LogP contribution in [0.25, 0.3) is 0 Å². The van der Waals surface area contributed by atoms with Crippen LogP contribution in [-0.4, -0.2) is 22.5 Å². The lowest BCUT2D eigenvalue weighted by Gasteiger charge is -2.20. The van der Waals surface area contributed by atoms with Crippen molar-refractivity contribution in [2.24, 2.45) is 0 Å². The third-order valence-electron chi connectivity index (χ3n) is 2.84. The minimum atomic E-state index is -0.246. The van der Waals surface area contributed by atoms with Crippen LogP contribution in [0.3, 0.4) is 0 Å². The first kappa shape index (κ1) is 13.8. The number of nitriles is 1. The Morgan fingerprint density at radius 3 is 2.75 bits per heavy atom. The standard InChI is InChI=1S/C15H15N3O2/c1-12-10-14(20-17-12)15(19)18(9-5-8-16)11-13-6-3-2-4-7-13/h2-4,6-7,10H,5,9,11H2,1H3. The highest BCUT2D eigenvalue weighted by Gasteiger charge is 2.19. The number of nitrogens with zero attached hydrogens (tertiary/aromatic N) is 3. The summed E-state index contributed by atoms with van der Waals surface area (Å²) in [6.07, 6.45) is 0.283. The molecule has 1 amide bonds. The van der Waals surface area contributed by atoms with Crippen molar-refractivity contribution >= 4 is 5.91 Å². The molecule has 0 radical (unpaired) electrons. The number of amides is 1. The molecule has 1 heterocycles. The fourth-order valence-electron chi connectivity index (χ4n) is 1.86. The van der Waals surface area contributed by atoms with E-state index in [4.69, 9.17) is 9.78 Å². The van der Waals surface area contributed by atoms with Gasteiger partial charge in [0.05, 0.1) is 18.2 Å². The molecule has 1 aromatic carbocycles. The van der Waals surface area contributed by atoms with E-state index in [2.05, 4.69) is 11.2 Å². The molecule has 0 spiro atoms. The Bertz CT molecular complexity index is 614. The van der Waals surface area contributed by atoms with E-state index in [-0.39, 0.29) is 18.1 Å². The second-order valence-electron chi connectivity index (χ2n) is 4.45. The molecule has 20 heavy (non-hydrogen) atoms. The summed E-state index contributed by atoms with van der Waals surface area (Å²) in [6, 6.07) is 13.3. The Hall–Kier alpha value is -2.61. The second kappa shape index (κ2) is 6.53. The molecule has 5 heteroatoms. The monoisotopic (exact) mass is 269 g/mol. The zero-order valence-electron chi connectivity index (χ0n) is 11.2. The van der Waals surface area contributed by atoms with Crippen LogP contribution in [0.1, 0.15) is 28.2 Å². The van der Waals surface area contributed by atoms with E-state index >= 15 is 0 Å². The highest BCUT2D eigenvalue weighted by atomic mass is 16.5. The highest BCUT2D eigenvalue weighted by Crippen LogP contribution is 2.11. The van der Waals surface area contributed by atoms with Crippen molar-refractivity contribution in [3.63, 3.8) is 0 Å². The molecule has 1 aromatic heterocycles. The Morgan fingerprint density at radius 1 is 1.40 bits per heavy atom. The fraction of sp³-hybridized carbons (Fsp3) is 0.267. The first-order valence-electron chi connectivity index (χ1n) is 6.34. The van der Waals surface area contributed by atoms with Gasteiger partial charge < -0.3 is 9.42 Å². The van der Waals surface area contributed by atoms with E-state index in [1.807, 2.05) is 30.3 Å². The predicted molar refractivity (Wildman–Crippen MR) is 72.7 cm³/mol. The van der Waals surface area contributed by atoms with E-state index in [0.717, 1.165) is 5.56 Å². The lowest BCUT2D eigenvalue weighted by atomic mass is 10.2. The number of carbonyl (C=O) groups is 1. The number of benzene rings is 1. The Kier molecular flexibility index (Phi) is 4.51. The van der Waals surface area contributed by atoms with Gasteiger partial charge in [0.15, 0.2) is 0 Å². The average Bonchev–Trinajstić information content (AvgIpc) is 2.90. The largest absolute Gasteiger partial charge is 0.351 e. The number of aryl methyl sites for hydroxylation is 1. The van der Waals surface area contributed by atoms with Gasteiger partial charge in [-0.05, 0) is 12.5 Å². The van der Waals surface area contributed by atoms with E-state index < -0.39 is 0 Å². The molecule has 0 aliphatic carbocycles. The molecule has 0 unspecified atom stereocenters. The third kappa shape index (κ3) is 3.45.